The van der Waals surface area contributed by atoms with Crippen molar-refractivity contribution in [3.05, 3.63) is 71.8 Å². The Bertz CT molecular complexity index is 2280. The van der Waals surface area contributed by atoms with Gasteiger partial charge in [0.25, 0.3) is 0 Å². The molecule has 2 aromatic carbocycles. The lowest BCUT2D eigenvalue weighted by Crippen LogP contribution is -2.60. The summed E-state index contributed by atoms with van der Waals surface area (Å²) < 4.78 is 119. The molecular formula is C48H66F9N7O12S. The van der Waals surface area contributed by atoms with Gasteiger partial charge in [-0.25, -0.2) is 22.8 Å². The van der Waals surface area contributed by atoms with Crippen molar-refractivity contribution < 1.29 is 96.8 Å². The highest BCUT2D eigenvalue weighted by atomic mass is 32.2. The molecular weight excluding hydrogens is 1070 g/mol. The predicted octanol–water partition coefficient (Wildman–Crippen LogP) is 3.83. The third kappa shape index (κ3) is 24.4. The van der Waals surface area contributed by atoms with Crippen molar-refractivity contribution >= 4 is 51.4 Å². The summed E-state index contributed by atoms with van der Waals surface area (Å²) in [6.45, 7) is 6.79. The molecule has 10 N–H and O–H groups in total. The molecule has 1 saturated carbocycles. The molecule has 77 heavy (non-hydrogen) atoms. The van der Waals surface area contributed by atoms with Crippen LogP contribution in [-0.4, -0.2) is 168 Å². The fraction of sp³-hybridized carbons (Fsp3) is 0.604. The minimum absolute atomic E-state index is 0.0397. The van der Waals surface area contributed by atoms with Gasteiger partial charge in [0.2, 0.25) is 23.6 Å². The van der Waals surface area contributed by atoms with E-state index in [0.717, 1.165) is 36.8 Å². The highest BCUT2D eigenvalue weighted by Crippen LogP contribution is 2.51. The van der Waals surface area contributed by atoms with Gasteiger partial charge in [0.15, 0.2) is 9.84 Å². The summed E-state index contributed by atoms with van der Waals surface area (Å²) in [5.74, 6) is -9.32. The Morgan fingerprint density at radius 3 is 1.45 bits per heavy atom. The van der Waals surface area contributed by atoms with E-state index in [4.69, 9.17) is 41.2 Å². The van der Waals surface area contributed by atoms with Gasteiger partial charge >= 0.3 is 36.4 Å². The molecule has 3 fully saturated rings. The fourth-order valence-corrected chi connectivity index (χ4v) is 9.65. The smallest absolute Gasteiger partial charge is 0.475 e. The maximum absolute atomic E-state index is 14.1. The number of carboxylic acids is 3. The lowest BCUT2D eigenvalue weighted by molar-refractivity contribution is -0.193. The standard InChI is InChI=1S/C42H63N7O6S.3C2HF3O2/c1-30(2)25-36(47-40(52)37(27-32-13-7-4-8-14-32)46-38(50)34(44)26-31-11-5-3-6-12-31)39(51)45-35(15-9-10-18-43)41(53)49-19-16-42(17-20-49)28-33(29-42)48-21-23-56(54,55)24-22-48;3*3-2(4,5)1(6)7/h3-8,11-14,30,33-37H,9-10,15-29,43-44H2,1-2H3,(H,45,51)(H,46,50)(H,47,52);3*(H,6,7). The molecule has 0 bridgehead atoms. The molecule has 4 atom stereocenters. The van der Waals surface area contributed by atoms with Crippen molar-refractivity contribution in [2.24, 2.45) is 22.8 Å². The summed E-state index contributed by atoms with van der Waals surface area (Å²) in [4.78, 5) is 86.4. The molecule has 0 aromatic heterocycles. The maximum Gasteiger partial charge on any atom is 0.490 e. The van der Waals surface area contributed by atoms with Crippen LogP contribution in [0, 0.1) is 11.3 Å². The first kappa shape index (κ1) is 67.0. The van der Waals surface area contributed by atoms with E-state index >= 15 is 0 Å². The quantitative estimate of drug-likeness (QED) is 0.0777. The van der Waals surface area contributed by atoms with Gasteiger partial charge in [0, 0.05) is 38.6 Å². The number of hydrogen-bond acceptors (Lipinski definition) is 12. The molecule has 4 unspecified atom stereocenters. The monoisotopic (exact) mass is 1140 g/mol. The van der Waals surface area contributed by atoms with Gasteiger partial charge in [-0.15, -0.1) is 0 Å². The number of nitrogens with zero attached hydrogens (tertiary/aromatic N) is 2. The van der Waals surface area contributed by atoms with Crippen molar-refractivity contribution in [3.63, 3.8) is 0 Å². The molecule has 19 nitrogen and oxygen atoms in total. The number of likely N-dealkylation sites (tertiary alicyclic amines) is 1. The van der Waals surface area contributed by atoms with E-state index in [2.05, 4.69) is 20.9 Å². The van der Waals surface area contributed by atoms with Crippen LogP contribution in [0.5, 0.6) is 0 Å². The molecule has 29 heteroatoms. The summed E-state index contributed by atoms with van der Waals surface area (Å²) in [5, 5.41) is 30.2. The minimum atomic E-state index is -5.08. The van der Waals surface area contributed by atoms with E-state index in [9.17, 15) is 67.1 Å². The Kier molecular flexibility index (Phi) is 26.3. The summed E-state index contributed by atoms with van der Waals surface area (Å²) in [5.41, 5.74) is 14.0. The molecule has 4 amide bonds. The third-order valence-corrected chi connectivity index (χ3v) is 14.2. The van der Waals surface area contributed by atoms with Gasteiger partial charge in [-0.2, -0.15) is 39.5 Å². The van der Waals surface area contributed by atoms with Crippen LogP contribution in [0.4, 0.5) is 39.5 Å². The van der Waals surface area contributed by atoms with Crippen LogP contribution in [-0.2, 0) is 56.2 Å². The van der Waals surface area contributed by atoms with Gasteiger partial charge < -0.3 is 47.6 Å². The van der Waals surface area contributed by atoms with E-state index in [1.807, 2.05) is 79.4 Å². The molecule has 3 aliphatic rings. The number of unbranched alkanes of at least 4 members (excludes halogenated alkanes) is 1. The van der Waals surface area contributed by atoms with Crippen LogP contribution in [0.25, 0.3) is 0 Å². The van der Waals surface area contributed by atoms with Crippen LogP contribution in [0.15, 0.2) is 60.7 Å². The zero-order valence-corrected chi connectivity index (χ0v) is 42.9. The number of hydrogen-bond donors (Lipinski definition) is 8. The van der Waals surface area contributed by atoms with Crippen LogP contribution in [0.3, 0.4) is 0 Å². The minimum Gasteiger partial charge on any atom is -0.475 e. The zero-order valence-electron chi connectivity index (χ0n) is 42.1. The zero-order chi connectivity index (χ0) is 58.5. The number of piperidine rings is 1. The highest BCUT2D eigenvalue weighted by Gasteiger charge is 2.49. The van der Waals surface area contributed by atoms with Gasteiger partial charge in [-0.05, 0) is 86.8 Å². The molecule has 434 valence electrons. The second-order valence-electron chi connectivity index (χ2n) is 19.1. The maximum atomic E-state index is 14.1. The van der Waals surface area contributed by atoms with Crippen LogP contribution >= 0.6 is 0 Å². The average molecular weight is 1140 g/mol. The number of carboxylic acid groups (broad SMARTS) is 3. The Balaban J connectivity index is 0.000000810. The Labute approximate surface area is 438 Å². The first-order valence-corrected chi connectivity index (χ1v) is 26.0. The number of aliphatic carboxylic acids is 3. The van der Waals surface area contributed by atoms with E-state index in [1.165, 1.54) is 0 Å². The number of rotatable bonds is 18. The predicted molar refractivity (Wildman–Crippen MR) is 259 cm³/mol. The first-order valence-electron chi connectivity index (χ1n) is 24.2. The van der Waals surface area contributed by atoms with E-state index in [1.54, 1.807) is 0 Å². The van der Waals surface area contributed by atoms with E-state index < -0.39 is 88.2 Å². The largest absolute Gasteiger partial charge is 0.490 e. The lowest BCUT2D eigenvalue weighted by atomic mass is 9.60. The molecule has 0 radical (unpaired) electrons. The van der Waals surface area contributed by atoms with E-state index in [0.29, 0.717) is 70.9 Å². The average Bonchev–Trinajstić information content (AvgIpc) is 3.32. The van der Waals surface area contributed by atoms with Gasteiger partial charge in [-0.1, -0.05) is 74.5 Å². The number of nitrogens with two attached hydrogens (primary N) is 2. The second kappa shape index (κ2) is 30.2. The molecule has 2 aliphatic heterocycles. The summed E-state index contributed by atoms with van der Waals surface area (Å²) in [6.07, 6.45) is -8.83. The van der Waals surface area contributed by atoms with Crippen molar-refractivity contribution in [2.45, 2.75) is 127 Å². The number of sulfone groups is 1. The second-order valence-corrected chi connectivity index (χ2v) is 21.4. The highest BCUT2D eigenvalue weighted by molar-refractivity contribution is 7.91. The van der Waals surface area contributed by atoms with Crippen LogP contribution in [0.1, 0.15) is 76.3 Å². The number of nitrogens with one attached hydrogen (secondary N) is 3. The Hall–Kier alpha value is -6.07. The number of benzene rings is 2. The number of carbonyl (C=O) groups excluding carboxylic acids is 4. The lowest BCUT2D eigenvalue weighted by Gasteiger charge is -2.56. The summed E-state index contributed by atoms with van der Waals surface area (Å²) >= 11 is 0. The van der Waals surface area contributed by atoms with Crippen LogP contribution < -0.4 is 27.4 Å². The summed E-state index contributed by atoms with van der Waals surface area (Å²) in [6, 6.07) is 15.6. The van der Waals surface area contributed by atoms with Crippen LogP contribution in [0.2, 0.25) is 0 Å². The van der Waals surface area contributed by atoms with E-state index in [-0.39, 0.29) is 35.2 Å². The van der Waals surface area contributed by atoms with Crippen molar-refractivity contribution in [2.75, 3.05) is 44.2 Å². The first-order chi connectivity index (χ1) is 35.6. The molecule has 5 rings (SSSR count). The molecule has 1 spiro atoms. The topological polar surface area (TPSA) is 309 Å². The Morgan fingerprint density at radius 1 is 0.636 bits per heavy atom. The van der Waals surface area contributed by atoms with Crippen molar-refractivity contribution in [3.8, 4) is 0 Å². The number of carbonyl (C=O) groups is 7. The third-order valence-electron chi connectivity index (χ3n) is 12.5. The van der Waals surface area contributed by atoms with Gasteiger partial charge in [0.1, 0.15) is 18.1 Å². The Morgan fingerprint density at radius 2 is 1.04 bits per heavy atom. The van der Waals surface area contributed by atoms with Crippen molar-refractivity contribution in [1.82, 2.24) is 25.8 Å². The fourth-order valence-electron chi connectivity index (χ4n) is 8.42. The van der Waals surface area contributed by atoms with Crippen molar-refractivity contribution in [1.29, 1.82) is 0 Å². The normalized spacial score (nSPS) is 17.9. The van der Waals surface area contributed by atoms with Gasteiger partial charge in [-0.3, -0.25) is 24.1 Å². The van der Waals surface area contributed by atoms with Gasteiger partial charge in [0.05, 0.1) is 17.5 Å². The molecule has 2 aromatic rings. The number of halogens is 9. The number of alkyl halides is 9. The molecule has 2 heterocycles. The summed E-state index contributed by atoms with van der Waals surface area (Å²) in [7, 11) is -2.92. The molecule has 1 aliphatic carbocycles. The molecule has 2 saturated heterocycles. The SMILES string of the molecule is CC(C)CC(NC(=O)C(Cc1ccccc1)NC(=O)C(N)Cc1ccccc1)C(=O)NC(CCCCN)C(=O)N1CCC2(CC1)CC(N1CCS(=O)(=O)CC1)C2.O=C(O)C(F)(F)F.O=C(O)C(F)(F)F.O=C(O)C(F)(F)F. The number of amides is 4.